The maximum atomic E-state index is 13.0. The van der Waals surface area contributed by atoms with Gasteiger partial charge in [0, 0.05) is 24.9 Å². The molecule has 3 nitrogen and oxygen atoms in total. The molecule has 0 radical (unpaired) electrons. The predicted octanol–water partition coefficient (Wildman–Crippen LogP) is 3.08. The average Bonchev–Trinajstić information content (AvgIpc) is 3.31. The number of hydrogen-bond donors (Lipinski definition) is 0. The molecule has 0 aromatic heterocycles. The molecule has 1 aromatic carbocycles. The lowest BCUT2D eigenvalue weighted by atomic mass is 9.78. The minimum atomic E-state index is 0.174. The van der Waals surface area contributed by atoms with Gasteiger partial charge < -0.3 is 9.80 Å². The van der Waals surface area contributed by atoms with Crippen LogP contribution in [-0.2, 0) is 16.6 Å². The highest BCUT2D eigenvalue weighted by Crippen LogP contribution is 2.60. The fourth-order valence-electron chi connectivity index (χ4n) is 5.14. The molecule has 2 atom stereocenters. The molecular weight excluding hydrogens is 296 g/mol. The van der Waals surface area contributed by atoms with E-state index in [1.165, 1.54) is 56.3 Å². The van der Waals surface area contributed by atoms with E-state index in [9.17, 15) is 4.79 Å². The highest BCUT2D eigenvalue weighted by molar-refractivity contribution is 5.84. The number of benzene rings is 1. The van der Waals surface area contributed by atoms with E-state index in [1.807, 2.05) is 11.9 Å². The third-order valence-corrected chi connectivity index (χ3v) is 6.74. The Hall–Kier alpha value is -1.35. The first-order chi connectivity index (χ1) is 11.6. The largest absolute Gasteiger partial charge is 0.345 e. The van der Waals surface area contributed by atoms with Crippen molar-refractivity contribution in [3.8, 4) is 0 Å². The Kier molecular flexibility index (Phi) is 4.16. The van der Waals surface area contributed by atoms with Crippen LogP contribution in [0.3, 0.4) is 0 Å². The molecule has 1 aromatic rings. The van der Waals surface area contributed by atoms with Crippen molar-refractivity contribution in [1.29, 1.82) is 0 Å². The van der Waals surface area contributed by atoms with Crippen molar-refractivity contribution in [1.82, 2.24) is 9.80 Å². The van der Waals surface area contributed by atoms with Crippen molar-refractivity contribution in [2.75, 3.05) is 33.7 Å². The SMILES string of the molecule is CN1CCC(CN(C)C(=O)[C@H]2C[C@]23CCCc2ccccc23)CC1. The summed E-state index contributed by atoms with van der Waals surface area (Å²) in [5.41, 5.74) is 3.13. The third-order valence-electron chi connectivity index (χ3n) is 6.74. The van der Waals surface area contributed by atoms with E-state index in [0.717, 1.165) is 13.0 Å². The Morgan fingerprint density at radius 1 is 1.29 bits per heavy atom. The van der Waals surface area contributed by atoms with Gasteiger partial charge in [-0.3, -0.25) is 4.79 Å². The van der Waals surface area contributed by atoms with Crippen LogP contribution in [0.25, 0.3) is 0 Å². The third kappa shape index (κ3) is 2.77. The summed E-state index contributed by atoms with van der Waals surface area (Å²) >= 11 is 0. The molecule has 3 aliphatic rings. The van der Waals surface area contributed by atoms with Crippen LogP contribution >= 0.6 is 0 Å². The molecule has 1 saturated heterocycles. The summed E-state index contributed by atoms with van der Waals surface area (Å²) in [5.74, 6) is 1.31. The normalized spacial score (nSPS) is 30.2. The predicted molar refractivity (Wildman–Crippen MR) is 97.0 cm³/mol. The number of likely N-dealkylation sites (tertiary alicyclic amines) is 1. The number of fused-ring (bicyclic) bond motifs is 2. The van der Waals surface area contributed by atoms with Gasteiger partial charge in [0.2, 0.25) is 5.91 Å². The van der Waals surface area contributed by atoms with Crippen molar-refractivity contribution in [3.63, 3.8) is 0 Å². The Balaban J connectivity index is 1.42. The summed E-state index contributed by atoms with van der Waals surface area (Å²) in [6.07, 6.45) is 7.15. The van der Waals surface area contributed by atoms with Crippen LogP contribution in [0.1, 0.15) is 43.2 Å². The van der Waals surface area contributed by atoms with E-state index >= 15 is 0 Å². The molecule has 0 unspecified atom stereocenters. The van der Waals surface area contributed by atoms with Gasteiger partial charge in [0.15, 0.2) is 0 Å². The molecule has 130 valence electrons. The second-order valence-corrected chi connectivity index (χ2v) is 8.39. The maximum absolute atomic E-state index is 13.0. The van der Waals surface area contributed by atoms with Gasteiger partial charge in [0.25, 0.3) is 0 Å². The van der Waals surface area contributed by atoms with Gasteiger partial charge >= 0.3 is 0 Å². The first-order valence-electron chi connectivity index (χ1n) is 9.62. The van der Waals surface area contributed by atoms with Crippen LogP contribution in [0.4, 0.5) is 0 Å². The Bertz CT molecular complexity index is 620. The Morgan fingerprint density at radius 3 is 2.83 bits per heavy atom. The van der Waals surface area contributed by atoms with E-state index in [2.05, 4.69) is 36.2 Å². The number of carbonyl (C=O) groups is 1. The number of piperidine rings is 1. The fraction of sp³-hybridized carbons (Fsp3) is 0.667. The lowest BCUT2D eigenvalue weighted by Gasteiger charge is -2.32. The van der Waals surface area contributed by atoms with Crippen molar-refractivity contribution < 1.29 is 4.79 Å². The summed E-state index contributed by atoms with van der Waals surface area (Å²) in [5, 5.41) is 0. The summed E-state index contributed by atoms with van der Waals surface area (Å²) in [4.78, 5) is 17.5. The number of rotatable bonds is 3. The molecule has 1 saturated carbocycles. The standard InChI is InChI=1S/C21H30N2O/c1-22-12-9-16(10-13-22)15-23(2)20(24)19-14-21(19)11-5-7-17-6-3-4-8-18(17)21/h3-4,6,8,16,19H,5,7,9-15H2,1-2H3/t19-,21+/m1/s1. The first-order valence-corrected chi connectivity index (χ1v) is 9.62. The zero-order chi connectivity index (χ0) is 16.7. The number of hydrogen-bond acceptors (Lipinski definition) is 2. The minimum absolute atomic E-state index is 0.174. The summed E-state index contributed by atoms with van der Waals surface area (Å²) in [6.45, 7) is 3.29. The van der Waals surface area contributed by atoms with Gasteiger partial charge in [0.05, 0.1) is 0 Å². The van der Waals surface area contributed by atoms with Crippen LogP contribution in [0.5, 0.6) is 0 Å². The lowest BCUT2D eigenvalue weighted by molar-refractivity contribution is -0.132. The molecule has 24 heavy (non-hydrogen) atoms. The first kappa shape index (κ1) is 16.1. The zero-order valence-electron chi connectivity index (χ0n) is 15.1. The molecule has 1 spiro atoms. The lowest BCUT2D eigenvalue weighted by Crippen LogP contribution is -2.39. The summed E-state index contributed by atoms with van der Waals surface area (Å²) in [7, 11) is 4.22. The monoisotopic (exact) mass is 326 g/mol. The van der Waals surface area contributed by atoms with E-state index < -0.39 is 0 Å². The van der Waals surface area contributed by atoms with E-state index in [4.69, 9.17) is 0 Å². The van der Waals surface area contributed by atoms with Gasteiger partial charge in [0.1, 0.15) is 0 Å². The van der Waals surface area contributed by atoms with Crippen molar-refractivity contribution >= 4 is 5.91 Å². The smallest absolute Gasteiger partial charge is 0.226 e. The molecule has 1 amide bonds. The van der Waals surface area contributed by atoms with Gasteiger partial charge in [-0.25, -0.2) is 0 Å². The quantitative estimate of drug-likeness (QED) is 0.852. The molecule has 1 aliphatic heterocycles. The zero-order valence-corrected chi connectivity index (χ0v) is 15.1. The van der Waals surface area contributed by atoms with Crippen LogP contribution in [0.15, 0.2) is 24.3 Å². The molecule has 2 fully saturated rings. The second kappa shape index (κ2) is 6.18. The van der Waals surface area contributed by atoms with Crippen LogP contribution < -0.4 is 0 Å². The van der Waals surface area contributed by atoms with Gasteiger partial charge in [-0.05, 0) is 75.7 Å². The van der Waals surface area contributed by atoms with E-state index in [1.54, 1.807) is 0 Å². The minimum Gasteiger partial charge on any atom is -0.345 e. The van der Waals surface area contributed by atoms with Crippen molar-refractivity contribution in [3.05, 3.63) is 35.4 Å². The van der Waals surface area contributed by atoms with Crippen LogP contribution in [0.2, 0.25) is 0 Å². The molecule has 0 N–H and O–H groups in total. The van der Waals surface area contributed by atoms with E-state index in [0.29, 0.717) is 11.8 Å². The topological polar surface area (TPSA) is 23.6 Å². The highest BCUT2D eigenvalue weighted by atomic mass is 16.2. The van der Waals surface area contributed by atoms with E-state index in [-0.39, 0.29) is 11.3 Å². The van der Waals surface area contributed by atoms with Crippen molar-refractivity contribution in [2.24, 2.45) is 11.8 Å². The van der Waals surface area contributed by atoms with Crippen LogP contribution in [-0.4, -0.2) is 49.4 Å². The summed E-state index contributed by atoms with van der Waals surface area (Å²) < 4.78 is 0. The molecule has 3 heteroatoms. The molecule has 2 aliphatic carbocycles. The van der Waals surface area contributed by atoms with Gasteiger partial charge in [-0.2, -0.15) is 0 Å². The second-order valence-electron chi connectivity index (χ2n) is 8.39. The molecule has 1 heterocycles. The molecular formula is C21H30N2O. The summed E-state index contributed by atoms with van der Waals surface area (Å²) in [6, 6.07) is 8.83. The highest BCUT2D eigenvalue weighted by Gasteiger charge is 2.60. The number of aryl methyl sites for hydroxylation is 1. The van der Waals surface area contributed by atoms with Gasteiger partial charge in [-0.1, -0.05) is 24.3 Å². The average molecular weight is 326 g/mol. The Morgan fingerprint density at radius 2 is 2.04 bits per heavy atom. The number of amides is 1. The maximum Gasteiger partial charge on any atom is 0.226 e. The fourth-order valence-corrected chi connectivity index (χ4v) is 5.14. The number of carbonyl (C=O) groups excluding carboxylic acids is 1. The van der Waals surface area contributed by atoms with Gasteiger partial charge in [-0.15, -0.1) is 0 Å². The number of nitrogens with zero attached hydrogens (tertiary/aromatic N) is 2. The van der Waals surface area contributed by atoms with Crippen molar-refractivity contribution in [2.45, 2.75) is 43.9 Å². The van der Waals surface area contributed by atoms with Crippen LogP contribution in [0, 0.1) is 11.8 Å². The molecule has 4 rings (SSSR count). The molecule has 0 bridgehead atoms. The Labute approximate surface area is 146 Å².